The lowest BCUT2D eigenvalue weighted by molar-refractivity contribution is 0.260. The average molecular weight is 432 g/mol. The fourth-order valence-electron chi connectivity index (χ4n) is 3.53. The normalized spacial score (nSPS) is 11.1. The summed E-state index contributed by atoms with van der Waals surface area (Å²) in [6, 6.07) is 5.89. The molecular weight excluding hydrogens is 390 g/mol. The number of unbranched alkanes of at least 4 members (excludes halogenated alkanes) is 7. The summed E-state index contributed by atoms with van der Waals surface area (Å²) in [5.74, 6) is 1.67. The van der Waals surface area contributed by atoms with E-state index in [1.807, 2.05) is 18.2 Å². The van der Waals surface area contributed by atoms with Crippen LogP contribution in [0.15, 0.2) is 23.0 Å². The van der Waals surface area contributed by atoms with Crippen LogP contribution in [-0.2, 0) is 7.05 Å². The maximum Gasteiger partial charge on any atom is 0.297 e. The number of fused-ring (bicyclic) bond motifs is 1. The number of ether oxygens (including phenoxy) is 3. The SMILES string of the molecule is CCCCCCCCOc1ccc2c(OCCCC)c(OCCCC)c(=O)n(C)c2c1. The van der Waals surface area contributed by atoms with E-state index in [-0.39, 0.29) is 5.56 Å². The van der Waals surface area contributed by atoms with Crippen LogP contribution in [0.4, 0.5) is 0 Å². The summed E-state index contributed by atoms with van der Waals surface area (Å²) >= 11 is 0. The lowest BCUT2D eigenvalue weighted by Crippen LogP contribution is -2.21. The molecule has 174 valence electrons. The van der Waals surface area contributed by atoms with Gasteiger partial charge in [-0.15, -0.1) is 0 Å². The van der Waals surface area contributed by atoms with E-state index in [0.29, 0.717) is 31.3 Å². The molecule has 0 amide bonds. The predicted molar refractivity (Wildman–Crippen MR) is 129 cm³/mol. The van der Waals surface area contributed by atoms with E-state index < -0.39 is 0 Å². The summed E-state index contributed by atoms with van der Waals surface area (Å²) in [7, 11) is 1.78. The first-order valence-electron chi connectivity index (χ1n) is 12.2. The van der Waals surface area contributed by atoms with E-state index in [2.05, 4.69) is 20.8 Å². The van der Waals surface area contributed by atoms with Crippen molar-refractivity contribution in [1.29, 1.82) is 0 Å². The van der Waals surface area contributed by atoms with Crippen molar-refractivity contribution in [2.75, 3.05) is 19.8 Å². The predicted octanol–water partition coefficient (Wildman–Crippen LogP) is 6.64. The summed E-state index contributed by atoms with van der Waals surface area (Å²) in [6.45, 7) is 8.24. The van der Waals surface area contributed by atoms with Crippen molar-refractivity contribution < 1.29 is 14.2 Å². The molecule has 0 atom stereocenters. The molecule has 0 saturated carbocycles. The molecule has 5 heteroatoms. The Kier molecular flexibility index (Phi) is 11.3. The molecule has 0 spiro atoms. The molecule has 0 aliphatic carbocycles. The molecule has 0 saturated heterocycles. The highest BCUT2D eigenvalue weighted by molar-refractivity contribution is 5.89. The maximum absolute atomic E-state index is 13.0. The van der Waals surface area contributed by atoms with Gasteiger partial charge in [0.2, 0.25) is 5.75 Å². The van der Waals surface area contributed by atoms with Gasteiger partial charge in [-0.1, -0.05) is 65.7 Å². The van der Waals surface area contributed by atoms with Gasteiger partial charge in [0.1, 0.15) is 5.75 Å². The third-order valence-corrected chi connectivity index (χ3v) is 5.54. The van der Waals surface area contributed by atoms with Crippen molar-refractivity contribution in [3.05, 3.63) is 28.6 Å². The third kappa shape index (κ3) is 7.48. The van der Waals surface area contributed by atoms with E-state index in [9.17, 15) is 4.79 Å². The highest BCUT2D eigenvalue weighted by Gasteiger charge is 2.19. The fraction of sp³-hybridized carbons (Fsp3) is 0.654. The maximum atomic E-state index is 13.0. The zero-order valence-electron chi connectivity index (χ0n) is 20.0. The van der Waals surface area contributed by atoms with Crippen LogP contribution in [0.25, 0.3) is 10.9 Å². The highest BCUT2D eigenvalue weighted by Crippen LogP contribution is 2.34. The number of aryl methyl sites for hydroxylation is 1. The topological polar surface area (TPSA) is 49.7 Å². The van der Waals surface area contributed by atoms with E-state index in [1.54, 1.807) is 11.6 Å². The number of benzene rings is 1. The van der Waals surface area contributed by atoms with Gasteiger partial charge in [0.25, 0.3) is 5.56 Å². The summed E-state index contributed by atoms with van der Waals surface area (Å²) in [6.07, 6.45) is 11.3. The zero-order valence-corrected chi connectivity index (χ0v) is 20.0. The van der Waals surface area contributed by atoms with Crippen molar-refractivity contribution in [2.24, 2.45) is 7.05 Å². The Balaban J connectivity index is 2.20. The minimum atomic E-state index is -0.164. The van der Waals surface area contributed by atoms with Gasteiger partial charge >= 0.3 is 0 Å². The van der Waals surface area contributed by atoms with Crippen LogP contribution in [-0.4, -0.2) is 24.4 Å². The van der Waals surface area contributed by atoms with Gasteiger partial charge < -0.3 is 18.8 Å². The van der Waals surface area contributed by atoms with Gasteiger partial charge in [0, 0.05) is 18.5 Å². The van der Waals surface area contributed by atoms with E-state index >= 15 is 0 Å². The van der Waals surface area contributed by atoms with E-state index in [0.717, 1.165) is 48.8 Å². The molecule has 0 aliphatic heterocycles. The smallest absolute Gasteiger partial charge is 0.297 e. The molecule has 2 aromatic rings. The standard InChI is InChI=1S/C26H41NO4/c1-5-8-11-12-13-14-19-29-21-15-16-22-23(20-21)27(4)26(28)25(31-18-10-7-3)24(22)30-17-9-6-2/h15-16,20H,5-14,17-19H2,1-4H3. The lowest BCUT2D eigenvalue weighted by atomic mass is 10.1. The van der Waals surface area contributed by atoms with Gasteiger partial charge in [-0.2, -0.15) is 0 Å². The van der Waals surface area contributed by atoms with Crippen LogP contribution >= 0.6 is 0 Å². The van der Waals surface area contributed by atoms with E-state index in [4.69, 9.17) is 14.2 Å². The molecule has 0 fully saturated rings. The van der Waals surface area contributed by atoms with Gasteiger partial charge in [0.05, 0.1) is 25.3 Å². The molecule has 1 aromatic heterocycles. The second-order valence-electron chi connectivity index (χ2n) is 8.22. The molecule has 1 heterocycles. The quantitative estimate of drug-likeness (QED) is 0.280. The lowest BCUT2D eigenvalue weighted by Gasteiger charge is -2.17. The molecule has 0 unspecified atom stereocenters. The molecular formula is C26H41NO4. The van der Waals surface area contributed by atoms with Crippen LogP contribution in [0.1, 0.15) is 85.0 Å². The van der Waals surface area contributed by atoms with Crippen LogP contribution in [0, 0.1) is 0 Å². The van der Waals surface area contributed by atoms with Gasteiger partial charge in [-0.05, 0) is 31.4 Å². The molecule has 5 nitrogen and oxygen atoms in total. The van der Waals surface area contributed by atoms with Crippen molar-refractivity contribution in [3.63, 3.8) is 0 Å². The van der Waals surface area contributed by atoms with Gasteiger partial charge in [-0.3, -0.25) is 4.79 Å². The van der Waals surface area contributed by atoms with Gasteiger partial charge in [-0.25, -0.2) is 0 Å². The summed E-state index contributed by atoms with van der Waals surface area (Å²) in [5, 5.41) is 0.886. The first kappa shape index (κ1) is 25.1. The first-order valence-corrected chi connectivity index (χ1v) is 12.2. The molecule has 1 aromatic carbocycles. The molecule has 0 N–H and O–H groups in total. The Labute approximate surface area is 187 Å². The third-order valence-electron chi connectivity index (χ3n) is 5.54. The Morgan fingerprint density at radius 2 is 1.29 bits per heavy atom. The second kappa shape index (κ2) is 14.0. The van der Waals surface area contributed by atoms with Crippen molar-refractivity contribution in [1.82, 2.24) is 4.57 Å². The minimum absolute atomic E-state index is 0.164. The fourth-order valence-corrected chi connectivity index (χ4v) is 3.53. The second-order valence-corrected chi connectivity index (χ2v) is 8.22. The Hall–Kier alpha value is -2.17. The number of pyridine rings is 1. The Morgan fingerprint density at radius 3 is 1.97 bits per heavy atom. The van der Waals surface area contributed by atoms with Crippen LogP contribution in [0.2, 0.25) is 0 Å². The molecule has 0 bridgehead atoms. The molecule has 0 aliphatic rings. The van der Waals surface area contributed by atoms with Crippen molar-refractivity contribution in [3.8, 4) is 17.2 Å². The average Bonchev–Trinajstić information content (AvgIpc) is 2.78. The molecule has 0 radical (unpaired) electrons. The molecule has 31 heavy (non-hydrogen) atoms. The van der Waals surface area contributed by atoms with Crippen molar-refractivity contribution >= 4 is 10.9 Å². The number of hydrogen-bond donors (Lipinski definition) is 0. The summed E-state index contributed by atoms with van der Waals surface area (Å²) in [4.78, 5) is 13.0. The molecule has 2 rings (SSSR count). The Morgan fingerprint density at radius 1 is 0.710 bits per heavy atom. The van der Waals surface area contributed by atoms with Crippen molar-refractivity contribution in [2.45, 2.75) is 85.0 Å². The van der Waals surface area contributed by atoms with Crippen LogP contribution < -0.4 is 19.8 Å². The summed E-state index contributed by atoms with van der Waals surface area (Å²) < 4.78 is 19.6. The van der Waals surface area contributed by atoms with Crippen LogP contribution in [0.3, 0.4) is 0 Å². The number of aromatic nitrogens is 1. The van der Waals surface area contributed by atoms with Gasteiger partial charge in [0.15, 0.2) is 5.75 Å². The monoisotopic (exact) mass is 431 g/mol. The largest absolute Gasteiger partial charge is 0.494 e. The number of hydrogen-bond acceptors (Lipinski definition) is 4. The Bertz CT molecular complexity index is 843. The first-order chi connectivity index (χ1) is 15.1. The van der Waals surface area contributed by atoms with E-state index in [1.165, 1.54) is 32.1 Å². The summed E-state index contributed by atoms with van der Waals surface area (Å²) in [5.41, 5.74) is 0.642. The van der Waals surface area contributed by atoms with Crippen LogP contribution in [0.5, 0.6) is 17.2 Å². The highest BCUT2D eigenvalue weighted by atomic mass is 16.5. The number of rotatable bonds is 16. The number of nitrogens with zero attached hydrogens (tertiary/aromatic N) is 1. The zero-order chi connectivity index (χ0) is 22.5. The minimum Gasteiger partial charge on any atom is -0.494 e.